The molecule has 1 fully saturated rings. The van der Waals surface area contributed by atoms with Gasteiger partial charge in [-0.15, -0.1) is 0 Å². The molecule has 1 amide bonds. The third kappa shape index (κ3) is 2.77. The SMILES string of the molecule is O=C(C1=CC=N1)N1CCC(c2ccccc2C(F)(F)F)CC1. The van der Waals surface area contributed by atoms with Gasteiger partial charge in [-0.3, -0.25) is 9.79 Å². The molecule has 1 aromatic rings. The standard InChI is InChI=1S/C16H15F3N2O/c17-16(18,19)13-4-2-1-3-12(13)11-6-9-21(10-7-11)15(22)14-5-8-20-14/h1-5,8,11H,6-7,9-10H2. The summed E-state index contributed by atoms with van der Waals surface area (Å²) in [5.74, 6) is -0.300. The Morgan fingerprint density at radius 2 is 1.82 bits per heavy atom. The second kappa shape index (κ2) is 5.59. The van der Waals surface area contributed by atoms with Crippen molar-refractivity contribution in [3.63, 3.8) is 0 Å². The quantitative estimate of drug-likeness (QED) is 0.824. The van der Waals surface area contributed by atoms with E-state index >= 15 is 0 Å². The number of aliphatic imine (C=N–C) groups is 1. The maximum absolute atomic E-state index is 13.1. The first-order valence-electron chi connectivity index (χ1n) is 7.16. The van der Waals surface area contributed by atoms with E-state index in [0.717, 1.165) is 6.07 Å². The summed E-state index contributed by atoms with van der Waals surface area (Å²) in [6.07, 6.45) is -0.0619. The van der Waals surface area contributed by atoms with Crippen LogP contribution in [0.3, 0.4) is 0 Å². The first-order chi connectivity index (χ1) is 10.5. The number of carbonyl (C=O) groups is 1. The lowest BCUT2D eigenvalue weighted by Gasteiger charge is -2.33. The number of alkyl halides is 3. The van der Waals surface area contributed by atoms with E-state index in [1.165, 1.54) is 6.07 Å². The van der Waals surface area contributed by atoms with E-state index < -0.39 is 11.7 Å². The lowest BCUT2D eigenvalue weighted by Crippen LogP contribution is -2.39. The van der Waals surface area contributed by atoms with Crippen LogP contribution in [-0.2, 0) is 11.0 Å². The summed E-state index contributed by atoms with van der Waals surface area (Å²) in [4.78, 5) is 17.5. The highest BCUT2D eigenvalue weighted by Gasteiger charge is 2.36. The molecule has 2 heterocycles. The van der Waals surface area contributed by atoms with Crippen LogP contribution in [0.1, 0.15) is 29.9 Å². The Hall–Kier alpha value is -2.11. The molecule has 0 atom stereocenters. The third-order valence-electron chi connectivity index (χ3n) is 4.15. The first-order valence-corrected chi connectivity index (χ1v) is 7.16. The minimum atomic E-state index is -4.34. The molecule has 2 aliphatic heterocycles. The summed E-state index contributed by atoms with van der Waals surface area (Å²) in [5, 5.41) is 0. The van der Waals surface area contributed by atoms with Crippen molar-refractivity contribution >= 4 is 12.1 Å². The van der Waals surface area contributed by atoms with Crippen LogP contribution < -0.4 is 0 Å². The Bertz CT molecular complexity index is 641. The van der Waals surface area contributed by atoms with Gasteiger partial charge in [-0.05, 0) is 36.5 Å². The van der Waals surface area contributed by atoms with Crippen LogP contribution in [0, 0.1) is 0 Å². The van der Waals surface area contributed by atoms with Crippen molar-refractivity contribution in [3.8, 4) is 0 Å². The summed E-state index contributed by atoms with van der Waals surface area (Å²) in [6, 6.07) is 5.71. The second-order valence-corrected chi connectivity index (χ2v) is 5.48. The molecule has 6 heteroatoms. The highest BCUT2D eigenvalue weighted by Crippen LogP contribution is 2.38. The fourth-order valence-electron chi connectivity index (χ4n) is 2.94. The normalized spacial score (nSPS) is 18.9. The van der Waals surface area contributed by atoms with Crippen LogP contribution in [0.5, 0.6) is 0 Å². The number of nitrogens with zero attached hydrogens (tertiary/aromatic N) is 2. The number of benzene rings is 1. The number of amides is 1. The van der Waals surface area contributed by atoms with E-state index in [9.17, 15) is 18.0 Å². The van der Waals surface area contributed by atoms with Crippen molar-refractivity contribution in [2.24, 2.45) is 4.99 Å². The molecule has 0 radical (unpaired) electrons. The molecule has 0 spiro atoms. The molecule has 0 saturated carbocycles. The van der Waals surface area contributed by atoms with Gasteiger partial charge in [0.05, 0.1) is 5.56 Å². The second-order valence-electron chi connectivity index (χ2n) is 5.48. The van der Waals surface area contributed by atoms with Crippen molar-refractivity contribution in [2.45, 2.75) is 24.9 Å². The molecule has 3 rings (SSSR count). The molecule has 0 bridgehead atoms. The van der Waals surface area contributed by atoms with Crippen molar-refractivity contribution in [1.29, 1.82) is 0 Å². The molecule has 1 saturated heterocycles. The minimum Gasteiger partial charge on any atom is -0.337 e. The van der Waals surface area contributed by atoms with Crippen molar-refractivity contribution < 1.29 is 18.0 Å². The van der Waals surface area contributed by atoms with Crippen molar-refractivity contribution in [3.05, 3.63) is 47.2 Å². The van der Waals surface area contributed by atoms with Gasteiger partial charge in [0.2, 0.25) is 0 Å². The minimum absolute atomic E-state index is 0.134. The van der Waals surface area contributed by atoms with E-state index in [2.05, 4.69) is 4.99 Å². The largest absolute Gasteiger partial charge is 0.416 e. The Morgan fingerprint density at radius 1 is 1.18 bits per heavy atom. The van der Waals surface area contributed by atoms with Crippen LogP contribution in [-0.4, -0.2) is 30.1 Å². The first kappa shape index (κ1) is 14.8. The smallest absolute Gasteiger partial charge is 0.337 e. The van der Waals surface area contributed by atoms with E-state index in [-0.39, 0.29) is 11.8 Å². The average Bonchev–Trinajstić information content (AvgIpc) is 2.45. The Kier molecular flexibility index (Phi) is 3.76. The summed E-state index contributed by atoms with van der Waals surface area (Å²) < 4.78 is 39.2. The van der Waals surface area contributed by atoms with Crippen LogP contribution in [0.4, 0.5) is 13.2 Å². The van der Waals surface area contributed by atoms with Crippen LogP contribution in [0.25, 0.3) is 0 Å². The highest BCUT2D eigenvalue weighted by atomic mass is 19.4. The monoisotopic (exact) mass is 308 g/mol. The molecule has 1 aromatic carbocycles. The van der Waals surface area contributed by atoms with E-state index in [1.807, 2.05) is 0 Å². The van der Waals surface area contributed by atoms with Gasteiger partial charge in [-0.25, -0.2) is 0 Å². The van der Waals surface area contributed by atoms with Gasteiger partial charge in [0.25, 0.3) is 5.91 Å². The Labute approximate surface area is 126 Å². The lowest BCUT2D eigenvalue weighted by atomic mass is 9.86. The van der Waals surface area contributed by atoms with Gasteiger partial charge in [-0.1, -0.05) is 18.2 Å². The third-order valence-corrected chi connectivity index (χ3v) is 4.15. The topological polar surface area (TPSA) is 32.7 Å². The molecule has 0 unspecified atom stereocenters. The van der Waals surface area contributed by atoms with Gasteiger partial charge in [-0.2, -0.15) is 13.2 Å². The van der Waals surface area contributed by atoms with Crippen LogP contribution in [0.15, 0.2) is 41.0 Å². The highest BCUT2D eigenvalue weighted by molar-refractivity contribution is 6.02. The number of halogens is 3. The van der Waals surface area contributed by atoms with Gasteiger partial charge in [0.15, 0.2) is 0 Å². The molecule has 22 heavy (non-hydrogen) atoms. The number of hydrogen-bond acceptors (Lipinski definition) is 2. The predicted molar refractivity (Wildman–Crippen MR) is 76.6 cm³/mol. The fraction of sp³-hybridized carbons (Fsp3) is 0.375. The molecule has 0 aliphatic carbocycles. The molecule has 2 aliphatic rings. The van der Waals surface area contributed by atoms with Crippen molar-refractivity contribution in [1.82, 2.24) is 4.90 Å². The number of carbonyl (C=O) groups excluding carboxylic acids is 1. The van der Waals surface area contributed by atoms with Gasteiger partial charge >= 0.3 is 6.18 Å². The van der Waals surface area contributed by atoms with Crippen LogP contribution >= 0.6 is 0 Å². The fourth-order valence-corrected chi connectivity index (χ4v) is 2.94. The number of rotatable bonds is 2. The molecule has 116 valence electrons. The lowest BCUT2D eigenvalue weighted by molar-refractivity contribution is -0.138. The van der Waals surface area contributed by atoms with E-state index in [0.29, 0.717) is 37.2 Å². The summed E-state index contributed by atoms with van der Waals surface area (Å²) in [6.45, 7) is 0.922. The van der Waals surface area contributed by atoms with E-state index in [4.69, 9.17) is 0 Å². The average molecular weight is 308 g/mol. The summed E-state index contributed by atoms with van der Waals surface area (Å²) in [5.41, 5.74) is 0.197. The zero-order valence-corrected chi connectivity index (χ0v) is 11.8. The maximum Gasteiger partial charge on any atom is 0.416 e. The molecule has 3 nitrogen and oxygen atoms in total. The molecule has 0 aromatic heterocycles. The predicted octanol–water partition coefficient (Wildman–Crippen LogP) is 3.38. The van der Waals surface area contributed by atoms with Gasteiger partial charge in [0.1, 0.15) is 5.70 Å². The van der Waals surface area contributed by atoms with E-state index in [1.54, 1.807) is 29.3 Å². The van der Waals surface area contributed by atoms with Gasteiger partial charge < -0.3 is 4.90 Å². The number of hydrogen-bond donors (Lipinski definition) is 0. The zero-order chi connectivity index (χ0) is 15.7. The molecule has 0 N–H and O–H groups in total. The maximum atomic E-state index is 13.1. The zero-order valence-electron chi connectivity index (χ0n) is 11.8. The Morgan fingerprint density at radius 3 is 2.36 bits per heavy atom. The van der Waals surface area contributed by atoms with Gasteiger partial charge in [0, 0.05) is 19.3 Å². The molecular weight excluding hydrogens is 293 g/mol. The van der Waals surface area contributed by atoms with Crippen LogP contribution in [0.2, 0.25) is 0 Å². The number of allylic oxidation sites excluding steroid dienone is 1. The van der Waals surface area contributed by atoms with Crippen molar-refractivity contribution in [2.75, 3.05) is 13.1 Å². The Balaban J connectivity index is 1.71. The number of piperidine rings is 1. The molecular formula is C16H15F3N2O. The summed E-state index contributed by atoms with van der Waals surface area (Å²) >= 11 is 0. The number of likely N-dealkylation sites (tertiary alicyclic amines) is 1. The summed E-state index contributed by atoms with van der Waals surface area (Å²) in [7, 11) is 0.